The predicted molar refractivity (Wildman–Crippen MR) is 67.2 cm³/mol. The normalized spacial score (nSPS) is 20.1. The summed E-state index contributed by atoms with van der Waals surface area (Å²) in [5, 5.41) is 14.0. The zero-order valence-electron chi connectivity index (χ0n) is 9.85. The van der Waals surface area contributed by atoms with E-state index < -0.39 is 30.4 Å². The average Bonchev–Trinajstić information content (AvgIpc) is 2.77. The van der Waals surface area contributed by atoms with Crippen LogP contribution in [-0.2, 0) is 9.59 Å². The van der Waals surface area contributed by atoms with E-state index in [0.717, 1.165) is 18.6 Å². The first kappa shape index (κ1) is 14.6. The molecule has 1 rings (SSSR count). The van der Waals surface area contributed by atoms with E-state index in [-0.39, 0.29) is 0 Å². The van der Waals surface area contributed by atoms with Gasteiger partial charge in [-0.05, 0) is 18.6 Å². The first-order chi connectivity index (χ1) is 8.49. The van der Waals surface area contributed by atoms with E-state index in [9.17, 15) is 14.4 Å². The molecule has 1 fully saturated rings. The first-order valence-corrected chi connectivity index (χ1v) is 6.71. The van der Waals surface area contributed by atoms with Crippen LogP contribution in [0.5, 0.6) is 0 Å². The van der Waals surface area contributed by atoms with E-state index in [1.54, 1.807) is 11.8 Å². The zero-order chi connectivity index (χ0) is 13.5. The average molecular weight is 275 g/mol. The second-order valence-corrected chi connectivity index (χ2v) is 5.46. The summed E-state index contributed by atoms with van der Waals surface area (Å²) in [6, 6.07) is -1.87. The number of nitrogens with two attached hydrogens (primary N) is 1. The van der Waals surface area contributed by atoms with Crippen LogP contribution in [0.1, 0.15) is 19.3 Å². The number of carboxylic acid groups (broad SMARTS) is 1. The topological polar surface area (TPSA) is 122 Å². The van der Waals surface area contributed by atoms with Gasteiger partial charge in [-0.3, -0.25) is 4.79 Å². The quantitative estimate of drug-likeness (QED) is 0.521. The lowest BCUT2D eigenvalue weighted by Crippen LogP contribution is -2.48. The molecular weight excluding hydrogens is 258 g/mol. The molecule has 102 valence electrons. The van der Waals surface area contributed by atoms with Crippen LogP contribution in [0.3, 0.4) is 0 Å². The van der Waals surface area contributed by atoms with Crippen LogP contribution in [-0.4, -0.2) is 46.6 Å². The van der Waals surface area contributed by atoms with Crippen LogP contribution in [0.2, 0.25) is 0 Å². The van der Waals surface area contributed by atoms with E-state index in [1.165, 1.54) is 0 Å². The summed E-state index contributed by atoms with van der Waals surface area (Å²) < 4.78 is 0. The molecular formula is C10H17N3O4S. The SMILES string of the molecule is NC(=O)C[C@@H](NC(=O)NCC1CCCS1)C(=O)O. The summed E-state index contributed by atoms with van der Waals surface area (Å²) in [5.41, 5.74) is 4.90. The number of thioether (sulfide) groups is 1. The third-order valence-corrected chi connectivity index (χ3v) is 3.92. The molecule has 1 unspecified atom stereocenters. The van der Waals surface area contributed by atoms with Gasteiger partial charge in [0.1, 0.15) is 6.04 Å². The fourth-order valence-corrected chi connectivity index (χ4v) is 2.82. The van der Waals surface area contributed by atoms with Crippen molar-refractivity contribution < 1.29 is 19.5 Å². The fraction of sp³-hybridized carbons (Fsp3) is 0.700. The standard InChI is InChI=1S/C10H17N3O4S/c11-8(14)4-7(9(15)16)13-10(17)12-5-6-2-1-3-18-6/h6-7H,1-5H2,(H2,11,14)(H,15,16)(H2,12,13,17)/t6?,7-/m1/s1. The molecule has 3 amide bonds. The fourth-order valence-electron chi connectivity index (χ4n) is 1.62. The minimum Gasteiger partial charge on any atom is -0.480 e. The van der Waals surface area contributed by atoms with Crippen LogP contribution in [0.15, 0.2) is 0 Å². The van der Waals surface area contributed by atoms with Crippen molar-refractivity contribution in [2.45, 2.75) is 30.6 Å². The van der Waals surface area contributed by atoms with Crippen LogP contribution >= 0.6 is 11.8 Å². The number of carboxylic acids is 1. The second kappa shape index (κ2) is 7.10. The third kappa shape index (κ3) is 5.26. The van der Waals surface area contributed by atoms with Crippen molar-refractivity contribution in [3.8, 4) is 0 Å². The molecule has 18 heavy (non-hydrogen) atoms. The van der Waals surface area contributed by atoms with Gasteiger partial charge in [0, 0.05) is 11.8 Å². The molecule has 0 bridgehead atoms. The molecule has 0 spiro atoms. The van der Waals surface area contributed by atoms with Crippen molar-refractivity contribution in [2.24, 2.45) is 5.73 Å². The van der Waals surface area contributed by atoms with Crippen LogP contribution < -0.4 is 16.4 Å². The Labute approximate surface area is 109 Å². The Kier molecular flexibility index (Phi) is 5.76. The Morgan fingerprint density at radius 2 is 2.17 bits per heavy atom. The van der Waals surface area contributed by atoms with Gasteiger partial charge < -0.3 is 21.5 Å². The first-order valence-electron chi connectivity index (χ1n) is 5.66. The van der Waals surface area contributed by atoms with Gasteiger partial charge in [-0.1, -0.05) is 0 Å². The Morgan fingerprint density at radius 3 is 2.67 bits per heavy atom. The number of carbonyl (C=O) groups is 3. The highest BCUT2D eigenvalue weighted by Crippen LogP contribution is 2.25. The maximum atomic E-state index is 11.4. The summed E-state index contributed by atoms with van der Waals surface area (Å²) in [7, 11) is 0. The molecule has 1 saturated heterocycles. The molecule has 7 nitrogen and oxygen atoms in total. The highest BCUT2D eigenvalue weighted by atomic mass is 32.2. The Hall–Kier alpha value is -1.44. The number of primary amides is 1. The number of nitrogens with one attached hydrogen (secondary N) is 2. The maximum absolute atomic E-state index is 11.4. The maximum Gasteiger partial charge on any atom is 0.326 e. The van der Waals surface area contributed by atoms with Crippen LogP contribution in [0, 0.1) is 0 Å². The van der Waals surface area contributed by atoms with E-state index in [2.05, 4.69) is 10.6 Å². The lowest BCUT2D eigenvalue weighted by Gasteiger charge is -2.15. The Bertz CT molecular complexity index is 331. The van der Waals surface area contributed by atoms with Crippen molar-refractivity contribution in [1.82, 2.24) is 10.6 Å². The molecule has 1 heterocycles. The van der Waals surface area contributed by atoms with Crippen molar-refractivity contribution in [1.29, 1.82) is 0 Å². The van der Waals surface area contributed by atoms with Gasteiger partial charge in [0.25, 0.3) is 0 Å². The summed E-state index contributed by atoms with van der Waals surface area (Å²) in [6.45, 7) is 0.499. The largest absolute Gasteiger partial charge is 0.480 e. The van der Waals surface area contributed by atoms with Crippen molar-refractivity contribution in [3.63, 3.8) is 0 Å². The van der Waals surface area contributed by atoms with Crippen LogP contribution in [0.25, 0.3) is 0 Å². The lowest BCUT2D eigenvalue weighted by atomic mass is 10.2. The van der Waals surface area contributed by atoms with Gasteiger partial charge in [0.05, 0.1) is 6.42 Å². The van der Waals surface area contributed by atoms with Crippen molar-refractivity contribution in [2.75, 3.05) is 12.3 Å². The number of urea groups is 1. The molecule has 8 heteroatoms. The number of aliphatic carboxylic acids is 1. The molecule has 0 aromatic carbocycles. The number of hydrogen-bond acceptors (Lipinski definition) is 4. The Balaban J connectivity index is 2.31. The molecule has 1 aliphatic rings. The molecule has 0 aromatic heterocycles. The molecule has 2 atom stereocenters. The van der Waals surface area contributed by atoms with E-state index in [4.69, 9.17) is 10.8 Å². The molecule has 0 aromatic rings. The predicted octanol–water partition coefficient (Wildman–Crippen LogP) is -0.490. The highest BCUT2D eigenvalue weighted by molar-refractivity contribution is 8.00. The molecule has 0 radical (unpaired) electrons. The summed E-state index contributed by atoms with van der Waals surface area (Å²) in [5.74, 6) is -0.957. The van der Waals surface area contributed by atoms with Gasteiger partial charge in [-0.2, -0.15) is 11.8 Å². The van der Waals surface area contributed by atoms with E-state index in [0.29, 0.717) is 11.8 Å². The number of rotatable bonds is 6. The van der Waals surface area contributed by atoms with Gasteiger partial charge in [0.2, 0.25) is 5.91 Å². The van der Waals surface area contributed by atoms with Crippen molar-refractivity contribution in [3.05, 3.63) is 0 Å². The lowest BCUT2D eigenvalue weighted by molar-refractivity contribution is -0.140. The van der Waals surface area contributed by atoms with Crippen LogP contribution in [0.4, 0.5) is 4.79 Å². The number of hydrogen-bond donors (Lipinski definition) is 4. The van der Waals surface area contributed by atoms with Crippen molar-refractivity contribution >= 4 is 29.7 Å². The smallest absolute Gasteiger partial charge is 0.326 e. The molecule has 0 aliphatic carbocycles. The second-order valence-electron chi connectivity index (χ2n) is 4.05. The third-order valence-electron chi connectivity index (χ3n) is 2.52. The Morgan fingerprint density at radius 1 is 1.44 bits per heavy atom. The highest BCUT2D eigenvalue weighted by Gasteiger charge is 2.23. The van der Waals surface area contributed by atoms with E-state index in [1.807, 2.05) is 0 Å². The summed E-state index contributed by atoms with van der Waals surface area (Å²) in [4.78, 5) is 32.9. The van der Waals surface area contributed by atoms with Gasteiger partial charge in [-0.25, -0.2) is 9.59 Å². The minimum absolute atomic E-state index is 0.384. The van der Waals surface area contributed by atoms with Gasteiger partial charge in [-0.15, -0.1) is 0 Å². The van der Waals surface area contributed by atoms with Gasteiger partial charge in [0.15, 0.2) is 0 Å². The monoisotopic (exact) mass is 275 g/mol. The number of carbonyl (C=O) groups excluding carboxylic acids is 2. The number of amides is 3. The van der Waals surface area contributed by atoms with Gasteiger partial charge >= 0.3 is 12.0 Å². The summed E-state index contributed by atoms with van der Waals surface area (Å²) >= 11 is 1.79. The van der Waals surface area contributed by atoms with E-state index >= 15 is 0 Å². The zero-order valence-corrected chi connectivity index (χ0v) is 10.7. The molecule has 0 saturated carbocycles. The molecule has 1 aliphatic heterocycles. The minimum atomic E-state index is -1.28. The molecule has 5 N–H and O–H groups in total. The summed E-state index contributed by atoms with van der Waals surface area (Å²) in [6.07, 6.45) is 1.77.